The monoisotopic (exact) mass is 823 g/mol. The van der Waals surface area contributed by atoms with Crippen LogP contribution in [-0.2, 0) is 9.59 Å². The molecule has 15 heteroatoms. The van der Waals surface area contributed by atoms with Gasteiger partial charge in [0.25, 0.3) is 23.6 Å². The van der Waals surface area contributed by atoms with E-state index in [0.717, 1.165) is 67.6 Å². The van der Waals surface area contributed by atoms with Crippen molar-refractivity contribution in [3.63, 3.8) is 0 Å². The van der Waals surface area contributed by atoms with Crippen LogP contribution in [0.1, 0.15) is 96.4 Å². The highest BCUT2D eigenvalue weighted by molar-refractivity contribution is 6.31. The van der Waals surface area contributed by atoms with E-state index in [4.69, 9.17) is 21.1 Å². The third kappa shape index (κ3) is 8.10. The number of carbonyl (C=O) groups excluding carboxylic acids is 5. The van der Waals surface area contributed by atoms with E-state index in [1.807, 2.05) is 12.1 Å². The normalized spacial score (nSPS) is 22.5. The van der Waals surface area contributed by atoms with Crippen LogP contribution < -0.4 is 19.7 Å². The molecule has 0 radical (unpaired) electrons. The number of nitrogens with zero attached hydrogens (tertiary/aromatic N) is 6. The number of fused-ring (bicyclic) bond motifs is 1. The molecule has 4 heterocycles. The maximum atomic E-state index is 13.4. The van der Waals surface area contributed by atoms with Gasteiger partial charge in [0, 0.05) is 68.8 Å². The molecule has 59 heavy (non-hydrogen) atoms. The summed E-state index contributed by atoms with van der Waals surface area (Å²) in [7, 11) is 1.37. The van der Waals surface area contributed by atoms with Crippen LogP contribution in [0.15, 0.2) is 54.7 Å². The van der Waals surface area contributed by atoms with Crippen molar-refractivity contribution in [3.05, 3.63) is 82.0 Å². The van der Waals surface area contributed by atoms with Crippen molar-refractivity contribution in [3.8, 4) is 17.6 Å². The number of benzene rings is 2. The maximum absolute atomic E-state index is 13.4. The van der Waals surface area contributed by atoms with Crippen LogP contribution in [-0.4, -0.2) is 114 Å². The Bertz CT molecular complexity index is 2180. The number of amides is 5. The zero-order valence-electron chi connectivity index (χ0n) is 34.1. The number of nitriles is 1. The Kier molecular flexibility index (Phi) is 11.7. The fraction of sp³-hybridized carbons (Fsp3) is 0.477. The predicted octanol–water partition coefficient (Wildman–Crippen LogP) is 5.33. The van der Waals surface area contributed by atoms with E-state index in [0.29, 0.717) is 34.3 Å². The number of pyridine rings is 1. The van der Waals surface area contributed by atoms with Crippen LogP contribution in [0, 0.1) is 22.2 Å². The molecule has 1 unspecified atom stereocenters. The molecular weight excluding hydrogens is 774 g/mol. The molecule has 1 atom stereocenters. The van der Waals surface area contributed by atoms with Gasteiger partial charge in [-0.15, -0.1) is 0 Å². The van der Waals surface area contributed by atoms with Crippen LogP contribution >= 0.6 is 11.6 Å². The molecule has 1 aromatic heterocycles. The molecule has 5 amide bonds. The number of piperidine rings is 1. The Balaban J connectivity index is 0.808. The molecule has 1 aliphatic carbocycles. The van der Waals surface area contributed by atoms with Gasteiger partial charge in [-0.1, -0.05) is 39.3 Å². The SMILES string of the molecule is CN1C(=O)CCC(N2C(=O)c3ccc(OCCCCCN4CCN(c5ccc(C(=O)N[C@H]6C(C)(C)[C@H](Oc7ccc(C#N)c(Cl)c7)C6(C)C)cn5)CC4)cc3C2=O)C1=O. The van der Waals surface area contributed by atoms with Gasteiger partial charge in [-0.3, -0.25) is 38.7 Å². The molecule has 3 fully saturated rings. The van der Waals surface area contributed by atoms with Gasteiger partial charge >= 0.3 is 0 Å². The lowest BCUT2D eigenvalue weighted by Crippen LogP contribution is -2.74. The average Bonchev–Trinajstić information content (AvgIpc) is 3.47. The van der Waals surface area contributed by atoms with E-state index < -0.39 is 23.8 Å². The third-order valence-corrected chi connectivity index (χ3v) is 12.7. The van der Waals surface area contributed by atoms with Gasteiger partial charge in [0.15, 0.2) is 0 Å². The summed E-state index contributed by atoms with van der Waals surface area (Å²) in [5.74, 6) is -0.202. The van der Waals surface area contributed by atoms with E-state index >= 15 is 0 Å². The first-order chi connectivity index (χ1) is 28.1. The summed E-state index contributed by atoms with van der Waals surface area (Å²) in [6.07, 6.45) is 4.46. The lowest BCUT2D eigenvalue weighted by Gasteiger charge is -2.63. The van der Waals surface area contributed by atoms with Crippen LogP contribution in [0.4, 0.5) is 5.82 Å². The molecule has 4 aliphatic rings. The number of anilines is 1. The number of aromatic nitrogens is 1. The van der Waals surface area contributed by atoms with Crippen molar-refractivity contribution >= 4 is 47.0 Å². The Morgan fingerprint density at radius 1 is 0.915 bits per heavy atom. The van der Waals surface area contributed by atoms with Crippen molar-refractivity contribution in [2.45, 2.75) is 78.0 Å². The number of carbonyl (C=O) groups is 5. The summed E-state index contributed by atoms with van der Waals surface area (Å²) in [4.78, 5) is 75.5. The Hall–Kier alpha value is -5.52. The highest BCUT2D eigenvalue weighted by atomic mass is 35.5. The largest absolute Gasteiger partial charge is 0.494 e. The molecule has 0 spiro atoms. The molecule has 2 saturated heterocycles. The predicted molar refractivity (Wildman–Crippen MR) is 219 cm³/mol. The zero-order chi connectivity index (χ0) is 42.2. The molecular formula is C44H50ClN7O7. The summed E-state index contributed by atoms with van der Waals surface area (Å²) in [5, 5.41) is 12.8. The molecule has 3 aliphatic heterocycles. The summed E-state index contributed by atoms with van der Waals surface area (Å²) < 4.78 is 12.3. The van der Waals surface area contributed by atoms with E-state index in [1.54, 1.807) is 42.6 Å². The van der Waals surface area contributed by atoms with Gasteiger partial charge in [0.2, 0.25) is 5.91 Å². The summed E-state index contributed by atoms with van der Waals surface area (Å²) in [6, 6.07) is 14.5. The van der Waals surface area contributed by atoms with Crippen LogP contribution in [0.2, 0.25) is 5.02 Å². The quantitative estimate of drug-likeness (QED) is 0.175. The Morgan fingerprint density at radius 2 is 1.63 bits per heavy atom. The fourth-order valence-corrected chi connectivity index (χ4v) is 9.48. The van der Waals surface area contributed by atoms with Crippen LogP contribution in [0.5, 0.6) is 11.5 Å². The van der Waals surface area contributed by atoms with E-state index in [-0.39, 0.29) is 58.8 Å². The number of likely N-dealkylation sites (tertiary alicyclic amines) is 1. The average molecular weight is 824 g/mol. The van der Waals surface area contributed by atoms with Gasteiger partial charge in [-0.05, 0) is 74.7 Å². The highest BCUT2D eigenvalue weighted by Crippen LogP contribution is 2.55. The van der Waals surface area contributed by atoms with Gasteiger partial charge in [-0.2, -0.15) is 5.26 Å². The van der Waals surface area contributed by atoms with E-state index in [2.05, 4.69) is 53.9 Å². The molecule has 14 nitrogen and oxygen atoms in total. The molecule has 3 aromatic rings. The summed E-state index contributed by atoms with van der Waals surface area (Å²) in [6.45, 7) is 13.2. The number of hydrogen-bond acceptors (Lipinski definition) is 11. The second kappa shape index (κ2) is 16.6. The summed E-state index contributed by atoms with van der Waals surface area (Å²) >= 11 is 6.24. The number of hydrogen-bond donors (Lipinski definition) is 1. The molecule has 2 aromatic carbocycles. The van der Waals surface area contributed by atoms with Gasteiger partial charge in [-0.25, -0.2) is 4.98 Å². The van der Waals surface area contributed by atoms with Crippen molar-refractivity contribution in [1.29, 1.82) is 5.26 Å². The molecule has 1 saturated carbocycles. The van der Waals surface area contributed by atoms with Crippen molar-refractivity contribution < 1.29 is 33.4 Å². The number of likely N-dealkylation sites (N-methyl/N-ethyl adjacent to an activating group) is 1. The van der Waals surface area contributed by atoms with Crippen LogP contribution in [0.25, 0.3) is 0 Å². The number of imide groups is 2. The second-order valence-corrected chi connectivity index (χ2v) is 17.4. The first-order valence-electron chi connectivity index (χ1n) is 20.2. The molecule has 7 rings (SSSR count). The number of unbranched alkanes of at least 4 members (excludes halogenated alkanes) is 2. The van der Waals surface area contributed by atoms with Crippen LogP contribution in [0.3, 0.4) is 0 Å². The van der Waals surface area contributed by atoms with Gasteiger partial charge in [0.05, 0.1) is 33.9 Å². The van der Waals surface area contributed by atoms with Gasteiger partial charge in [0.1, 0.15) is 35.5 Å². The minimum Gasteiger partial charge on any atom is -0.494 e. The zero-order valence-corrected chi connectivity index (χ0v) is 34.9. The Labute approximate surface area is 349 Å². The lowest BCUT2D eigenvalue weighted by molar-refractivity contribution is -0.164. The minimum absolute atomic E-state index is 0.0966. The number of halogens is 1. The van der Waals surface area contributed by atoms with Crippen molar-refractivity contribution in [1.82, 2.24) is 25.0 Å². The minimum atomic E-state index is -0.985. The second-order valence-electron chi connectivity index (χ2n) is 17.0. The smallest absolute Gasteiger partial charge is 0.262 e. The number of rotatable bonds is 13. The van der Waals surface area contributed by atoms with E-state index in [9.17, 15) is 29.2 Å². The molecule has 310 valence electrons. The maximum Gasteiger partial charge on any atom is 0.262 e. The fourth-order valence-electron chi connectivity index (χ4n) is 9.27. The first-order valence-corrected chi connectivity index (χ1v) is 20.5. The summed E-state index contributed by atoms with van der Waals surface area (Å²) in [5.41, 5.74) is 0.587. The molecule has 1 N–H and O–H groups in total. The lowest BCUT2D eigenvalue weighted by atomic mass is 9.49. The van der Waals surface area contributed by atoms with E-state index in [1.165, 1.54) is 7.05 Å². The third-order valence-electron chi connectivity index (χ3n) is 12.3. The first kappa shape index (κ1) is 41.6. The number of nitrogens with one attached hydrogen (secondary N) is 1. The van der Waals surface area contributed by atoms with Crippen molar-refractivity contribution in [2.24, 2.45) is 10.8 Å². The Morgan fingerprint density at radius 3 is 2.31 bits per heavy atom. The highest BCUT2D eigenvalue weighted by Gasteiger charge is 2.64. The van der Waals surface area contributed by atoms with Gasteiger partial charge < -0.3 is 19.7 Å². The standard InChI is InChI=1S/C44H50ClN7O7/c1-43(2)41(44(3,4)42(43)59-30-11-9-27(25-46)33(45)24-30)48-37(54)28-10-15-35(47-26-28)51-20-18-50(19-21-51)17-7-6-8-22-58-29-12-13-31-32(23-29)39(56)52(38(31)55)34-14-16-36(53)49(5)40(34)57/h9-13,15,23-24,26,34,41-42H,6-8,14,16-22H2,1-5H3,(H,48,54)/t34?,41-,42-. The topological polar surface area (TPSA) is 165 Å². The molecule has 0 bridgehead atoms. The number of ether oxygens (including phenoxy) is 2. The number of piperazine rings is 1. The van der Waals surface area contributed by atoms with Crippen molar-refractivity contribution in [2.75, 3.05) is 51.3 Å².